The first-order chi connectivity index (χ1) is 13.4. The standard InChI is InChI=1S/C21H29NO6S/c1-15(29(25,26)18-11-7-6-8-12-18)19(27-16(2)23)14-17-10-9-13-22(17)20(24)28-21(3,4)5/h6-8,11-12,17,19H,1,9-10,13-14H2,2-5H3/t17-,19?/m0/s1. The molecule has 2 rings (SSSR count). The average Bonchev–Trinajstić information content (AvgIpc) is 3.08. The molecule has 0 saturated carbocycles. The van der Waals surface area contributed by atoms with Gasteiger partial charge in [0.25, 0.3) is 0 Å². The zero-order chi connectivity index (χ0) is 21.8. The quantitative estimate of drug-likeness (QED) is 0.648. The van der Waals surface area contributed by atoms with E-state index in [-0.39, 0.29) is 22.3 Å². The van der Waals surface area contributed by atoms with E-state index in [2.05, 4.69) is 6.58 Å². The molecule has 1 aliphatic rings. The number of esters is 1. The van der Waals surface area contributed by atoms with Gasteiger partial charge in [-0.2, -0.15) is 0 Å². The van der Waals surface area contributed by atoms with E-state index in [9.17, 15) is 18.0 Å². The first kappa shape index (κ1) is 22.9. The fourth-order valence-corrected chi connectivity index (χ4v) is 4.57. The molecule has 29 heavy (non-hydrogen) atoms. The van der Waals surface area contributed by atoms with Crippen LogP contribution in [-0.2, 0) is 24.1 Å². The van der Waals surface area contributed by atoms with Crippen molar-refractivity contribution in [1.29, 1.82) is 0 Å². The van der Waals surface area contributed by atoms with Crippen LogP contribution in [0.25, 0.3) is 0 Å². The SMILES string of the molecule is C=C(C(C[C@@H]1CCCN1C(=O)OC(C)(C)C)OC(C)=O)S(=O)(=O)c1ccccc1. The van der Waals surface area contributed by atoms with Gasteiger partial charge in [0, 0.05) is 25.9 Å². The normalized spacial score (nSPS) is 18.2. The zero-order valence-corrected chi connectivity index (χ0v) is 18.2. The summed E-state index contributed by atoms with van der Waals surface area (Å²) in [5.41, 5.74) is -0.639. The maximum atomic E-state index is 12.9. The molecule has 2 atom stereocenters. The Hall–Kier alpha value is -2.35. The highest BCUT2D eigenvalue weighted by molar-refractivity contribution is 7.95. The van der Waals surface area contributed by atoms with Crippen LogP contribution in [0.5, 0.6) is 0 Å². The molecule has 1 fully saturated rings. The molecule has 8 heteroatoms. The number of hydrogen-bond acceptors (Lipinski definition) is 6. The molecule has 7 nitrogen and oxygen atoms in total. The third-order valence-electron chi connectivity index (χ3n) is 4.56. The zero-order valence-electron chi connectivity index (χ0n) is 17.4. The minimum absolute atomic E-state index is 0.0811. The summed E-state index contributed by atoms with van der Waals surface area (Å²) in [6, 6.07) is 7.56. The Labute approximate surface area is 172 Å². The molecule has 1 aliphatic heterocycles. The summed E-state index contributed by atoms with van der Waals surface area (Å²) in [7, 11) is -3.90. The first-order valence-electron chi connectivity index (χ1n) is 9.57. The lowest BCUT2D eigenvalue weighted by Crippen LogP contribution is -2.42. The van der Waals surface area contributed by atoms with Crippen molar-refractivity contribution in [2.24, 2.45) is 0 Å². The van der Waals surface area contributed by atoms with Gasteiger partial charge in [-0.15, -0.1) is 0 Å². The number of amides is 1. The predicted octanol–water partition coefficient (Wildman–Crippen LogP) is 3.70. The van der Waals surface area contributed by atoms with Crippen LogP contribution in [0.1, 0.15) is 47.0 Å². The third kappa shape index (κ3) is 6.06. The number of carbonyl (C=O) groups is 2. The lowest BCUT2D eigenvalue weighted by atomic mass is 10.1. The number of likely N-dealkylation sites (tertiary alicyclic amines) is 1. The van der Waals surface area contributed by atoms with Gasteiger partial charge in [-0.25, -0.2) is 13.2 Å². The minimum atomic E-state index is -3.90. The van der Waals surface area contributed by atoms with Crippen molar-refractivity contribution in [3.05, 3.63) is 41.8 Å². The number of sulfone groups is 1. The van der Waals surface area contributed by atoms with Gasteiger partial charge in [0.1, 0.15) is 11.7 Å². The molecule has 1 aromatic rings. The van der Waals surface area contributed by atoms with Crippen LogP contribution in [0.2, 0.25) is 0 Å². The average molecular weight is 424 g/mol. The number of ether oxygens (including phenoxy) is 2. The molecule has 0 radical (unpaired) electrons. The lowest BCUT2D eigenvalue weighted by Gasteiger charge is -2.30. The Morgan fingerprint density at radius 3 is 2.41 bits per heavy atom. The summed E-state index contributed by atoms with van der Waals surface area (Å²) in [5.74, 6) is -0.610. The van der Waals surface area contributed by atoms with E-state index in [1.165, 1.54) is 19.1 Å². The highest BCUT2D eigenvalue weighted by Crippen LogP contribution is 2.30. The van der Waals surface area contributed by atoms with Crippen molar-refractivity contribution < 1.29 is 27.5 Å². The van der Waals surface area contributed by atoms with Gasteiger partial charge in [-0.1, -0.05) is 24.8 Å². The van der Waals surface area contributed by atoms with E-state index in [0.29, 0.717) is 13.0 Å². The second-order valence-corrected chi connectivity index (χ2v) is 10.1. The first-order valence-corrected chi connectivity index (χ1v) is 11.1. The summed E-state index contributed by atoms with van der Waals surface area (Å²) in [5, 5.41) is 0. The fourth-order valence-electron chi connectivity index (χ4n) is 3.26. The highest BCUT2D eigenvalue weighted by Gasteiger charge is 2.37. The topological polar surface area (TPSA) is 90.0 Å². The Kier molecular flexibility index (Phi) is 7.11. The molecule has 0 spiro atoms. The molecule has 160 valence electrons. The summed E-state index contributed by atoms with van der Waals surface area (Å²) in [4.78, 5) is 25.6. The Balaban J connectivity index is 2.23. The third-order valence-corrected chi connectivity index (χ3v) is 6.40. The minimum Gasteiger partial charge on any atom is -0.457 e. The van der Waals surface area contributed by atoms with E-state index in [1.54, 1.807) is 43.9 Å². The van der Waals surface area contributed by atoms with Crippen molar-refractivity contribution in [3.63, 3.8) is 0 Å². The monoisotopic (exact) mass is 423 g/mol. The van der Waals surface area contributed by atoms with Crippen LogP contribution in [0, 0.1) is 0 Å². The van der Waals surface area contributed by atoms with Gasteiger partial charge in [0.2, 0.25) is 9.84 Å². The lowest BCUT2D eigenvalue weighted by molar-refractivity contribution is -0.144. The maximum Gasteiger partial charge on any atom is 0.410 e. The molecule has 0 bridgehead atoms. The molecular weight excluding hydrogens is 394 g/mol. The molecule has 1 amide bonds. The van der Waals surface area contributed by atoms with Crippen LogP contribution in [-0.4, -0.2) is 49.7 Å². The van der Waals surface area contributed by atoms with Crippen molar-refractivity contribution in [2.45, 2.75) is 69.6 Å². The summed E-state index contributed by atoms with van der Waals surface area (Å²) < 4.78 is 36.6. The number of rotatable bonds is 6. The van der Waals surface area contributed by atoms with Gasteiger partial charge in [-0.3, -0.25) is 4.79 Å². The van der Waals surface area contributed by atoms with Crippen LogP contribution >= 0.6 is 0 Å². The molecular formula is C21H29NO6S. The second-order valence-electron chi connectivity index (χ2n) is 8.09. The maximum absolute atomic E-state index is 12.9. The summed E-state index contributed by atoms with van der Waals surface area (Å²) in [6.45, 7) is 10.8. The molecule has 1 saturated heterocycles. The van der Waals surface area contributed by atoms with E-state index < -0.39 is 33.6 Å². The highest BCUT2D eigenvalue weighted by atomic mass is 32.2. The van der Waals surface area contributed by atoms with Crippen molar-refractivity contribution in [2.75, 3.05) is 6.54 Å². The molecule has 1 heterocycles. The number of benzene rings is 1. The molecule has 1 aromatic carbocycles. The summed E-state index contributed by atoms with van der Waals surface area (Å²) >= 11 is 0. The predicted molar refractivity (Wildman–Crippen MR) is 109 cm³/mol. The molecule has 1 unspecified atom stereocenters. The second kappa shape index (κ2) is 8.98. The van der Waals surface area contributed by atoms with Gasteiger partial charge >= 0.3 is 12.1 Å². The fraction of sp³-hybridized carbons (Fsp3) is 0.524. The van der Waals surface area contributed by atoms with Crippen LogP contribution in [0.3, 0.4) is 0 Å². The van der Waals surface area contributed by atoms with Crippen LogP contribution in [0.4, 0.5) is 4.79 Å². The van der Waals surface area contributed by atoms with Crippen LogP contribution in [0.15, 0.2) is 46.7 Å². The largest absolute Gasteiger partial charge is 0.457 e. The molecule has 0 N–H and O–H groups in total. The Morgan fingerprint density at radius 1 is 1.24 bits per heavy atom. The van der Waals surface area contributed by atoms with Crippen molar-refractivity contribution in [3.8, 4) is 0 Å². The van der Waals surface area contributed by atoms with Crippen molar-refractivity contribution in [1.82, 2.24) is 4.90 Å². The Morgan fingerprint density at radius 2 is 1.86 bits per heavy atom. The van der Waals surface area contributed by atoms with Crippen molar-refractivity contribution >= 4 is 21.9 Å². The van der Waals surface area contributed by atoms with Crippen LogP contribution < -0.4 is 0 Å². The van der Waals surface area contributed by atoms with Gasteiger partial charge in [0.05, 0.1) is 9.80 Å². The van der Waals surface area contributed by atoms with E-state index in [1.807, 2.05) is 0 Å². The van der Waals surface area contributed by atoms with Gasteiger partial charge in [0.15, 0.2) is 0 Å². The molecule has 0 aromatic heterocycles. The smallest absolute Gasteiger partial charge is 0.410 e. The van der Waals surface area contributed by atoms with Gasteiger partial charge < -0.3 is 14.4 Å². The van der Waals surface area contributed by atoms with E-state index >= 15 is 0 Å². The van der Waals surface area contributed by atoms with Gasteiger partial charge in [-0.05, 0) is 45.7 Å². The number of carbonyl (C=O) groups excluding carboxylic acids is 2. The van der Waals surface area contributed by atoms with E-state index in [4.69, 9.17) is 9.47 Å². The summed E-state index contributed by atoms with van der Waals surface area (Å²) in [6.07, 6.45) is 0.0393. The number of hydrogen-bond donors (Lipinski definition) is 0. The van der Waals surface area contributed by atoms with E-state index in [0.717, 1.165) is 6.42 Å². The molecule has 0 aliphatic carbocycles. The Bertz CT molecular complexity index is 857. The number of nitrogens with zero attached hydrogens (tertiary/aromatic N) is 1.